The monoisotopic (exact) mass is 240 g/mol. The molecule has 0 bridgehead atoms. The summed E-state index contributed by atoms with van der Waals surface area (Å²) in [6.45, 7) is 2.66. The van der Waals surface area contributed by atoms with Crippen molar-refractivity contribution in [3.8, 4) is 5.75 Å². The molecule has 2 rings (SSSR count). The molecule has 3 N–H and O–H groups in total. The van der Waals surface area contributed by atoms with Crippen LogP contribution in [0.1, 0.15) is 18.4 Å². The molecular weight excluding hydrogens is 224 g/mol. The molecule has 88 valence electrons. The highest BCUT2D eigenvalue weighted by Gasteiger charge is 2.17. The van der Waals surface area contributed by atoms with Gasteiger partial charge in [-0.2, -0.15) is 0 Å². The number of piperidine rings is 1. The third kappa shape index (κ3) is 2.88. The lowest BCUT2D eigenvalue weighted by Crippen LogP contribution is -2.42. The van der Waals surface area contributed by atoms with E-state index in [9.17, 15) is 5.11 Å². The first kappa shape index (κ1) is 11.7. The van der Waals surface area contributed by atoms with E-state index in [1.807, 2.05) is 6.07 Å². The fourth-order valence-electron chi connectivity index (χ4n) is 2.16. The highest BCUT2D eigenvalue weighted by atomic mass is 35.5. The molecule has 0 aliphatic carbocycles. The van der Waals surface area contributed by atoms with Gasteiger partial charge in [0.25, 0.3) is 0 Å². The lowest BCUT2D eigenvalue weighted by atomic mass is 10.1. The van der Waals surface area contributed by atoms with Gasteiger partial charge in [0.15, 0.2) is 0 Å². The number of aromatic hydroxyl groups is 1. The predicted molar refractivity (Wildman–Crippen MR) is 65.6 cm³/mol. The van der Waals surface area contributed by atoms with Gasteiger partial charge >= 0.3 is 0 Å². The minimum Gasteiger partial charge on any atom is -0.508 e. The summed E-state index contributed by atoms with van der Waals surface area (Å²) in [6.07, 6.45) is 2.22. The highest BCUT2D eigenvalue weighted by molar-refractivity contribution is 6.30. The fourth-order valence-corrected chi connectivity index (χ4v) is 2.35. The van der Waals surface area contributed by atoms with Gasteiger partial charge in [-0.3, -0.25) is 4.90 Å². The van der Waals surface area contributed by atoms with Gasteiger partial charge < -0.3 is 10.8 Å². The van der Waals surface area contributed by atoms with Crippen LogP contribution in [-0.2, 0) is 6.54 Å². The largest absolute Gasteiger partial charge is 0.508 e. The minimum atomic E-state index is 0.259. The van der Waals surface area contributed by atoms with Gasteiger partial charge in [0.05, 0.1) is 0 Å². The number of halogens is 1. The van der Waals surface area contributed by atoms with Crippen LogP contribution in [0.15, 0.2) is 18.2 Å². The molecule has 1 saturated heterocycles. The zero-order valence-electron chi connectivity index (χ0n) is 9.19. The van der Waals surface area contributed by atoms with Crippen molar-refractivity contribution in [2.24, 2.45) is 5.73 Å². The molecular formula is C12H17ClN2O. The van der Waals surface area contributed by atoms with Gasteiger partial charge in [0.1, 0.15) is 5.75 Å². The molecule has 0 unspecified atom stereocenters. The fraction of sp³-hybridized carbons (Fsp3) is 0.500. The molecule has 16 heavy (non-hydrogen) atoms. The molecule has 4 heteroatoms. The molecule has 0 spiro atoms. The molecule has 0 aromatic heterocycles. The van der Waals surface area contributed by atoms with E-state index in [4.69, 9.17) is 17.3 Å². The first-order chi connectivity index (χ1) is 7.65. The maximum atomic E-state index is 9.71. The standard InChI is InChI=1S/C12H17ClN2O/c13-10-3-4-12(16)9(6-10)7-15-5-1-2-11(14)8-15/h3-4,6,11,16H,1-2,5,7-8,14H2/t11-/m0/s1. The Balaban J connectivity index is 2.05. The summed E-state index contributed by atoms with van der Waals surface area (Å²) < 4.78 is 0. The van der Waals surface area contributed by atoms with Crippen molar-refractivity contribution in [1.82, 2.24) is 4.90 Å². The predicted octanol–water partition coefficient (Wildman–Crippen LogP) is 1.97. The molecule has 1 aliphatic heterocycles. The Hall–Kier alpha value is -0.770. The summed E-state index contributed by atoms with van der Waals surface area (Å²) in [5, 5.41) is 10.4. The summed E-state index contributed by atoms with van der Waals surface area (Å²) in [4.78, 5) is 2.26. The lowest BCUT2D eigenvalue weighted by molar-refractivity contribution is 0.199. The first-order valence-corrected chi connectivity index (χ1v) is 5.98. The third-order valence-electron chi connectivity index (χ3n) is 2.98. The number of benzene rings is 1. The summed E-state index contributed by atoms with van der Waals surface area (Å²) in [7, 11) is 0. The van der Waals surface area contributed by atoms with Crippen molar-refractivity contribution >= 4 is 11.6 Å². The number of hydrogen-bond acceptors (Lipinski definition) is 3. The quantitative estimate of drug-likeness (QED) is 0.831. The zero-order valence-corrected chi connectivity index (χ0v) is 9.95. The van der Waals surface area contributed by atoms with Crippen LogP contribution in [0, 0.1) is 0 Å². The third-order valence-corrected chi connectivity index (χ3v) is 3.21. The number of likely N-dealkylation sites (tertiary alicyclic amines) is 1. The van der Waals surface area contributed by atoms with E-state index >= 15 is 0 Å². The molecule has 1 aliphatic rings. The van der Waals surface area contributed by atoms with Crippen LogP contribution in [0.25, 0.3) is 0 Å². The van der Waals surface area contributed by atoms with Crippen molar-refractivity contribution in [1.29, 1.82) is 0 Å². The molecule has 1 heterocycles. The van der Waals surface area contributed by atoms with Crippen molar-refractivity contribution in [2.75, 3.05) is 13.1 Å². The van der Waals surface area contributed by atoms with Gasteiger partial charge in [0, 0.05) is 29.7 Å². The van der Waals surface area contributed by atoms with E-state index < -0.39 is 0 Å². The number of nitrogens with two attached hydrogens (primary N) is 1. The first-order valence-electron chi connectivity index (χ1n) is 5.60. The summed E-state index contributed by atoms with van der Waals surface area (Å²) in [6, 6.07) is 5.41. The van der Waals surface area contributed by atoms with Gasteiger partial charge in [-0.1, -0.05) is 11.6 Å². The van der Waals surface area contributed by atoms with Crippen LogP contribution in [0.2, 0.25) is 5.02 Å². The summed E-state index contributed by atoms with van der Waals surface area (Å²) in [5.41, 5.74) is 6.79. The maximum absolute atomic E-state index is 9.71. The Morgan fingerprint density at radius 2 is 2.31 bits per heavy atom. The van der Waals surface area contributed by atoms with E-state index in [1.54, 1.807) is 12.1 Å². The van der Waals surface area contributed by atoms with Crippen LogP contribution < -0.4 is 5.73 Å². The maximum Gasteiger partial charge on any atom is 0.120 e. The number of phenols is 1. The minimum absolute atomic E-state index is 0.259. The van der Waals surface area contributed by atoms with Crippen LogP contribution >= 0.6 is 11.6 Å². The number of nitrogens with zero attached hydrogens (tertiary/aromatic N) is 1. The van der Waals surface area contributed by atoms with Crippen molar-refractivity contribution < 1.29 is 5.11 Å². The normalized spacial score (nSPS) is 22.2. The Labute approximate surface area is 101 Å². The number of hydrogen-bond donors (Lipinski definition) is 2. The average Bonchev–Trinajstić information content (AvgIpc) is 2.24. The second-order valence-electron chi connectivity index (χ2n) is 4.41. The molecule has 0 saturated carbocycles. The SMILES string of the molecule is N[C@H]1CCCN(Cc2cc(Cl)ccc2O)C1. The summed E-state index contributed by atoms with van der Waals surface area (Å²) >= 11 is 5.91. The van der Waals surface area contributed by atoms with E-state index in [0.29, 0.717) is 10.8 Å². The molecule has 0 amide bonds. The second-order valence-corrected chi connectivity index (χ2v) is 4.85. The zero-order chi connectivity index (χ0) is 11.5. The van der Waals surface area contributed by atoms with E-state index in [1.165, 1.54) is 0 Å². The van der Waals surface area contributed by atoms with E-state index in [0.717, 1.165) is 38.0 Å². The highest BCUT2D eigenvalue weighted by Crippen LogP contribution is 2.24. The molecule has 1 atom stereocenters. The number of phenolic OH excluding ortho intramolecular Hbond substituents is 1. The van der Waals surface area contributed by atoms with Crippen molar-refractivity contribution in [2.45, 2.75) is 25.4 Å². The Kier molecular flexibility index (Phi) is 3.69. The van der Waals surface area contributed by atoms with Gasteiger partial charge in [-0.25, -0.2) is 0 Å². The van der Waals surface area contributed by atoms with E-state index in [2.05, 4.69) is 4.90 Å². The van der Waals surface area contributed by atoms with Gasteiger partial charge in [-0.15, -0.1) is 0 Å². The molecule has 1 fully saturated rings. The van der Waals surface area contributed by atoms with Crippen molar-refractivity contribution in [3.05, 3.63) is 28.8 Å². The van der Waals surface area contributed by atoms with Crippen LogP contribution in [0.5, 0.6) is 5.75 Å². The van der Waals surface area contributed by atoms with E-state index in [-0.39, 0.29) is 6.04 Å². The Morgan fingerprint density at radius 3 is 3.06 bits per heavy atom. The Morgan fingerprint density at radius 1 is 1.50 bits per heavy atom. The van der Waals surface area contributed by atoms with Gasteiger partial charge in [-0.05, 0) is 37.6 Å². The van der Waals surface area contributed by atoms with Crippen LogP contribution in [-0.4, -0.2) is 29.1 Å². The lowest BCUT2D eigenvalue weighted by Gasteiger charge is -2.30. The molecule has 1 aromatic carbocycles. The molecule has 1 aromatic rings. The van der Waals surface area contributed by atoms with Crippen molar-refractivity contribution in [3.63, 3.8) is 0 Å². The number of rotatable bonds is 2. The molecule has 0 radical (unpaired) electrons. The second kappa shape index (κ2) is 5.04. The van der Waals surface area contributed by atoms with Crippen LogP contribution in [0.4, 0.5) is 0 Å². The van der Waals surface area contributed by atoms with Crippen LogP contribution in [0.3, 0.4) is 0 Å². The topological polar surface area (TPSA) is 49.5 Å². The summed E-state index contributed by atoms with van der Waals surface area (Å²) in [5.74, 6) is 0.309. The Bertz CT molecular complexity index is 370. The molecule has 3 nitrogen and oxygen atoms in total. The smallest absolute Gasteiger partial charge is 0.120 e. The van der Waals surface area contributed by atoms with Gasteiger partial charge in [0.2, 0.25) is 0 Å². The average molecular weight is 241 g/mol.